The van der Waals surface area contributed by atoms with Crippen molar-refractivity contribution in [2.75, 3.05) is 0 Å². The maximum Gasteiger partial charge on any atom is 0.303 e. The topological polar surface area (TPSA) is 63.6 Å². The van der Waals surface area contributed by atoms with Crippen LogP contribution in [0.4, 0.5) is 0 Å². The van der Waals surface area contributed by atoms with Gasteiger partial charge in [0, 0.05) is 18.9 Å². The van der Waals surface area contributed by atoms with Crippen molar-refractivity contribution in [3.63, 3.8) is 0 Å². The van der Waals surface area contributed by atoms with Crippen molar-refractivity contribution in [3.05, 3.63) is 23.8 Å². The first kappa shape index (κ1) is 28.0. The zero-order valence-electron chi connectivity index (χ0n) is 22.0. The number of allylic oxidation sites excluding steroid dienone is 4. The number of Topliss-reactive ketones (excluding diaryl/α,β-unsaturated/α-hetero) is 1. The van der Waals surface area contributed by atoms with Gasteiger partial charge < -0.3 is 9.53 Å². The molecule has 0 saturated heterocycles. The highest BCUT2D eigenvalue weighted by atomic mass is 28.4. The fourth-order valence-electron chi connectivity index (χ4n) is 5.03. The van der Waals surface area contributed by atoms with Crippen LogP contribution in [0.3, 0.4) is 0 Å². The van der Waals surface area contributed by atoms with E-state index >= 15 is 0 Å². The van der Waals surface area contributed by atoms with E-state index in [4.69, 9.17) is 9.53 Å². The van der Waals surface area contributed by atoms with Crippen LogP contribution in [0.25, 0.3) is 0 Å². The number of aliphatic carboxylic acids is 1. The van der Waals surface area contributed by atoms with E-state index in [1.807, 2.05) is 6.08 Å². The predicted molar refractivity (Wildman–Crippen MR) is 139 cm³/mol. The van der Waals surface area contributed by atoms with Crippen molar-refractivity contribution in [3.8, 4) is 0 Å². The molecule has 0 aromatic carbocycles. The molecular weight excluding hydrogens is 428 g/mol. The largest absolute Gasteiger partial charge is 0.481 e. The molecule has 0 spiro atoms. The minimum Gasteiger partial charge on any atom is -0.481 e. The van der Waals surface area contributed by atoms with Crippen molar-refractivity contribution in [2.24, 2.45) is 11.3 Å². The average molecular weight is 477 g/mol. The van der Waals surface area contributed by atoms with Crippen LogP contribution in [0.5, 0.6) is 0 Å². The van der Waals surface area contributed by atoms with E-state index < -0.39 is 19.7 Å². The van der Waals surface area contributed by atoms with Gasteiger partial charge in [0.05, 0.1) is 5.41 Å². The second kappa shape index (κ2) is 12.0. The molecule has 0 bridgehead atoms. The van der Waals surface area contributed by atoms with Crippen molar-refractivity contribution < 1.29 is 19.1 Å². The Bertz CT molecular complexity index is 725. The Labute approximate surface area is 203 Å². The number of carboxylic acid groups (broad SMARTS) is 1. The second-order valence-corrected chi connectivity index (χ2v) is 16.8. The third-order valence-electron chi connectivity index (χ3n) is 8.44. The van der Waals surface area contributed by atoms with Crippen molar-refractivity contribution in [1.29, 1.82) is 0 Å². The first-order valence-corrected chi connectivity index (χ1v) is 16.0. The molecule has 2 atom stereocenters. The Morgan fingerprint density at radius 1 is 1.24 bits per heavy atom. The van der Waals surface area contributed by atoms with Crippen molar-refractivity contribution in [2.45, 2.75) is 129 Å². The molecule has 0 heterocycles. The van der Waals surface area contributed by atoms with Crippen molar-refractivity contribution >= 4 is 20.1 Å². The Morgan fingerprint density at radius 2 is 1.91 bits per heavy atom. The number of unbranched alkanes of at least 4 members (excludes halogenated alkanes) is 1. The first-order valence-electron chi connectivity index (χ1n) is 13.1. The molecule has 1 unspecified atom stereocenters. The smallest absolute Gasteiger partial charge is 0.303 e. The highest BCUT2D eigenvalue weighted by molar-refractivity contribution is 6.74. The summed E-state index contributed by atoms with van der Waals surface area (Å²) in [6, 6.07) is 0. The lowest BCUT2D eigenvalue weighted by Crippen LogP contribution is -2.46. The van der Waals surface area contributed by atoms with E-state index in [-0.39, 0.29) is 11.5 Å². The zero-order valence-corrected chi connectivity index (χ0v) is 23.0. The zero-order chi connectivity index (χ0) is 24.7. The van der Waals surface area contributed by atoms with Gasteiger partial charge in [-0.25, -0.2) is 0 Å². The summed E-state index contributed by atoms with van der Waals surface area (Å²) in [5.74, 6) is 0.206. The molecule has 0 aliphatic heterocycles. The number of rotatable bonds is 12. The van der Waals surface area contributed by atoms with Crippen molar-refractivity contribution in [1.82, 2.24) is 0 Å². The summed E-state index contributed by atoms with van der Waals surface area (Å²) in [5, 5.41) is 8.98. The molecule has 2 aliphatic rings. The summed E-state index contributed by atoms with van der Waals surface area (Å²) in [4.78, 5) is 23.5. The monoisotopic (exact) mass is 476 g/mol. The van der Waals surface area contributed by atoms with Gasteiger partial charge in [-0.1, -0.05) is 63.8 Å². The van der Waals surface area contributed by atoms with Crippen LogP contribution < -0.4 is 0 Å². The van der Waals surface area contributed by atoms with Crippen LogP contribution in [0.1, 0.15) is 105 Å². The summed E-state index contributed by atoms with van der Waals surface area (Å²) in [6.45, 7) is 13.8. The van der Waals surface area contributed by atoms with Gasteiger partial charge in [0.25, 0.3) is 0 Å². The fraction of sp³-hybridized carbons (Fsp3) is 0.786. The maximum atomic E-state index is 12.8. The normalized spacial score (nSPS) is 23.8. The quantitative estimate of drug-likeness (QED) is 0.177. The molecule has 188 valence electrons. The molecule has 2 aliphatic carbocycles. The predicted octanol–water partition coefficient (Wildman–Crippen LogP) is 7.84. The molecule has 1 saturated carbocycles. The standard InChI is InChI=1S/C28H48O4Si/c1-27(2,3)33(5,6)32-24(22-14-10-9-11-15-22)19-17-23-18-20-25(29)28(23,4)21-13-8-7-12-16-26(30)31/h8,13,18,22,24H,7,9-12,14-17,19-21H2,1-6H3,(H,30,31)/b13-8-/t24?,28-/m1/s1. The third kappa shape index (κ3) is 7.92. The van der Waals surface area contributed by atoms with Gasteiger partial charge in [-0.05, 0) is 75.9 Å². The summed E-state index contributed by atoms with van der Waals surface area (Å²) in [6.07, 6.45) is 17.9. The minimum absolute atomic E-state index is 0.197. The summed E-state index contributed by atoms with van der Waals surface area (Å²) in [7, 11) is -1.86. The highest BCUT2D eigenvalue weighted by Crippen LogP contribution is 2.44. The Hall–Kier alpha value is -1.20. The van der Waals surface area contributed by atoms with E-state index in [9.17, 15) is 9.59 Å². The summed E-state index contributed by atoms with van der Waals surface area (Å²) in [5.41, 5.74) is 0.861. The molecule has 0 amide bonds. The second-order valence-electron chi connectivity index (χ2n) is 12.0. The molecule has 0 aromatic rings. The van der Waals surface area contributed by atoms with Crippen LogP contribution >= 0.6 is 0 Å². The van der Waals surface area contributed by atoms with Crippen LogP contribution in [0, 0.1) is 11.3 Å². The van der Waals surface area contributed by atoms with Gasteiger partial charge in [0.15, 0.2) is 8.32 Å². The Morgan fingerprint density at radius 3 is 2.52 bits per heavy atom. The van der Waals surface area contributed by atoms with Gasteiger partial charge >= 0.3 is 5.97 Å². The SMILES string of the molecule is CC(C)(C)[Si](C)(C)OC(CCC1=CCC(=O)[C@]1(C)C/C=C\CCCC(=O)O)C1CCCCC1. The first-order chi connectivity index (χ1) is 15.4. The van der Waals surface area contributed by atoms with Gasteiger partial charge in [-0.3, -0.25) is 9.59 Å². The van der Waals surface area contributed by atoms with Crippen LogP contribution in [0.15, 0.2) is 23.8 Å². The molecule has 4 nitrogen and oxygen atoms in total. The van der Waals surface area contributed by atoms with Crippen LogP contribution in [-0.4, -0.2) is 31.3 Å². The minimum atomic E-state index is -1.86. The number of carbonyl (C=O) groups is 2. The number of carbonyl (C=O) groups excluding carboxylic acids is 1. The third-order valence-corrected chi connectivity index (χ3v) is 12.9. The highest BCUT2D eigenvalue weighted by Gasteiger charge is 2.42. The van der Waals surface area contributed by atoms with E-state index in [1.165, 1.54) is 37.7 Å². The molecule has 1 N–H and O–H groups in total. The Balaban J connectivity index is 2.03. The molecular formula is C28H48O4Si. The van der Waals surface area contributed by atoms with E-state index in [0.717, 1.165) is 19.3 Å². The molecule has 33 heavy (non-hydrogen) atoms. The van der Waals surface area contributed by atoms with E-state index in [2.05, 4.69) is 52.9 Å². The average Bonchev–Trinajstić information content (AvgIpc) is 3.01. The number of hydrogen-bond donors (Lipinski definition) is 1. The Kier molecular flexibility index (Phi) is 10.2. The molecule has 2 rings (SSSR count). The van der Waals surface area contributed by atoms with Gasteiger partial charge in [0.1, 0.15) is 5.78 Å². The van der Waals surface area contributed by atoms with Gasteiger partial charge in [-0.2, -0.15) is 0 Å². The lowest BCUT2D eigenvalue weighted by molar-refractivity contribution is -0.137. The van der Waals surface area contributed by atoms with Gasteiger partial charge in [-0.15, -0.1) is 0 Å². The van der Waals surface area contributed by atoms with E-state index in [0.29, 0.717) is 37.1 Å². The lowest BCUT2D eigenvalue weighted by atomic mass is 9.76. The van der Waals surface area contributed by atoms with Crippen LogP contribution in [0.2, 0.25) is 18.1 Å². The molecule has 5 heteroatoms. The van der Waals surface area contributed by atoms with E-state index in [1.54, 1.807) is 0 Å². The summed E-state index contributed by atoms with van der Waals surface area (Å²) < 4.78 is 7.01. The number of hydrogen-bond acceptors (Lipinski definition) is 3. The summed E-state index contributed by atoms with van der Waals surface area (Å²) >= 11 is 0. The lowest BCUT2D eigenvalue weighted by Gasteiger charge is -2.42. The number of ketones is 1. The molecule has 0 aromatic heterocycles. The number of carboxylic acids is 1. The molecule has 1 fully saturated rings. The fourth-order valence-corrected chi connectivity index (χ4v) is 6.45. The molecule has 0 radical (unpaired) electrons. The maximum absolute atomic E-state index is 12.8. The van der Waals surface area contributed by atoms with Gasteiger partial charge in [0.2, 0.25) is 0 Å². The van der Waals surface area contributed by atoms with Crippen LogP contribution in [-0.2, 0) is 14.0 Å².